The minimum absolute atomic E-state index is 0.638. The second-order valence-electron chi connectivity index (χ2n) is 5.04. The molecule has 1 aromatic carbocycles. The number of benzene rings is 1. The molecule has 0 amide bonds. The summed E-state index contributed by atoms with van der Waals surface area (Å²) in [5, 5.41) is 3.50. The van der Waals surface area contributed by atoms with E-state index in [0.29, 0.717) is 5.92 Å². The number of hydrogen-bond acceptors (Lipinski definition) is 3. The molecule has 0 heterocycles. The Balaban J connectivity index is 2.05. The lowest BCUT2D eigenvalue weighted by atomic mass is 10.1. The molecule has 0 aliphatic heterocycles. The monoisotopic (exact) mass is 327 g/mol. The molecular formula is C15H22BrNO2. The van der Waals surface area contributed by atoms with Crippen LogP contribution in [-0.4, -0.2) is 27.3 Å². The first kappa shape index (κ1) is 14.7. The highest BCUT2D eigenvalue weighted by Gasteiger charge is 2.39. The highest BCUT2D eigenvalue weighted by molar-refractivity contribution is 9.10. The summed E-state index contributed by atoms with van der Waals surface area (Å²) in [4.78, 5) is 0. The van der Waals surface area contributed by atoms with Crippen LogP contribution in [0.2, 0.25) is 0 Å². The first-order chi connectivity index (χ1) is 9.21. The number of hydrogen-bond donors (Lipinski definition) is 1. The number of rotatable bonds is 7. The normalized spacial score (nSPS) is 21.3. The smallest absolute Gasteiger partial charge is 0.161 e. The van der Waals surface area contributed by atoms with Gasteiger partial charge < -0.3 is 14.8 Å². The molecule has 1 N–H and O–H groups in total. The van der Waals surface area contributed by atoms with Crippen LogP contribution in [0.4, 0.5) is 0 Å². The zero-order valence-corrected chi connectivity index (χ0v) is 13.4. The fourth-order valence-corrected chi connectivity index (χ4v) is 3.09. The predicted molar refractivity (Wildman–Crippen MR) is 81.3 cm³/mol. The van der Waals surface area contributed by atoms with Crippen molar-refractivity contribution < 1.29 is 9.47 Å². The van der Waals surface area contributed by atoms with Crippen LogP contribution in [0.15, 0.2) is 16.6 Å². The molecule has 1 fully saturated rings. The van der Waals surface area contributed by atoms with Crippen LogP contribution in [0.3, 0.4) is 0 Å². The summed E-state index contributed by atoms with van der Waals surface area (Å²) in [6.07, 6.45) is 2.45. The Bertz CT molecular complexity index is 436. The SMILES string of the molecule is CCCNCC1CC1c1cc(OC)c(OC)cc1Br. The molecule has 1 aromatic rings. The van der Waals surface area contributed by atoms with Crippen LogP contribution in [0.5, 0.6) is 11.5 Å². The van der Waals surface area contributed by atoms with Crippen molar-refractivity contribution in [3.63, 3.8) is 0 Å². The van der Waals surface area contributed by atoms with Gasteiger partial charge in [-0.1, -0.05) is 22.9 Å². The molecule has 2 unspecified atom stereocenters. The van der Waals surface area contributed by atoms with Crippen LogP contribution < -0.4 is 14.8 Å². The van der Waals surface area contributed by atoms with Gasteiger partial charge in [-0.05, 0) is 55.5 Å². The van der Waals surface area contributed by atoms with Crippen molar-refractivity contribution in [1.82, 2.24) is 5.32 Å². The number of halogens is 1. The van der Waals surface area contributed by atoms with Crippen LogP contribution in [-0.2, 0) is 0 Å². The maximum atomic E-state index is 5.38. The first-order valence-corrected chi connectivity index (χ1v) is 7.62. The van der Waals surface area contributed by atoms with Gasteiger partial charge in [-0.25, -0.2) is 0 Å². The average molecular weight is 328 g/mol. The maximum Gasteiger partial charge on any atom is 0.161 e. The topological polar surface area (TPSA) is 30.5 Å². The van der Waals surface area contributed by atoms with Crippen molar-refractivity contribution in [2.24, 2.45) is 5.92 Å². The van der Waals surface area contributed by atoms with Crippen LogP contribution in [0.1, 0.15) is 31.2 Å². The summed E-state index contributed by atoms with van der Waals surface area (Å²) in [6, 6.07) is 4.11. The Labute approximate surface area is 123 Å². The van der Waals surface area contributed by atoms with Gasteiger partial charge in [0.15, 0.2) is 11.5 Å². The van der Waals surface area contributed by atoms with Crippen molar-refractivity contribution in [3.05, 3.63) is 22.2 Å². The van der Waals surface area contributed by atoms with Gasteiger partial charge in [-0.15, -0.1) is 0 Å². The zero-order chi connectivity index (χ0) is 13.8. The van der Waals surface area contributed by atoms with Gasteiger partial charge >= 0.3 is 0 Å². The Kier molecular flexibility index (Phi) is 5.11. The van der Waals surface area contributed by atoms with Crippen molar-refractivity contribution >= 4 is 15.9 Å². The lowest BCUT2D eigenvalue weighted by Gasteiger charge is -2.12. The molecule has 2 atom stereocenters. The molecule has 0 saturated heterocycles. The standard InChI is InChI=1S/C15H22BrNO2/c1-4-5-17-9-10-6-11(10)12-7-14(18-2)15(19-3)8-13(12)16/h7-8,10-11,17H,4-6,9H2,1-3H3. The second-order valence-corrected chi connectivity index (χ2v) is 5.89. The van der Waals surface area contributed by atoms with Gasteiger partial charge in [-0.3, -0.25) is 0 Å². The molecule has 0 radical (unpaired) electrons. The summed E-state index contributed by atoms with van der Waals surface area (Å²) < 4.78 is 11.8. The lowest BCUT2D eigenvalue weighted by molar-refractivity contribution is 0.354. The number of methoxy groups -OCH3 is 2. The van der Waals surface area contributed by atoms with E-state index in [4.69, 9.17) is 9.47 Å². The van der Waals surface area contributed by atoms with E-state index in [1.807, 2.05) is 6.07 Å². The Hall–Kier alpha value is -0.740. The van der Waals surface area contributed by atoms with E-state index < -0.39 is 0 Å². The van der Waals surface area contributed by atoms with E-state index in [0.717, 1.165) is 35.0 Å². The van der Waals surface area contributed by atoms with Crippen molar-refractivity contribution in [3.8, 4) is 11.5 Å². The highest BCUT2D eigenvalue weighted by atomic mass is 79.9. The van der Waals surface area contributed by atoms with Gasteiger partial charge in [0, 0.05) is 4.47 Å². The van der Waals surface area contributed by atoms with Gasteiger partial charge in [0.05, 0.1) is 14.2 Å². The third kappa shape index (κ3) is 3.42. The van der Waals surface area contributed by atoms with E-state index in [2.05, 4.69) is 34.2 Å². The fourth-order valence-electron chi connectivity index (χ4n) is 2.47. The van der Waals surface area contributed by atoms with Crippen LogP contribution >= 0.6 is 15.9 Å². The summed E-state index contributed by atoms with van der Waals surface area (Å²) in [7, 11) is 3.35. The highest BCUT2D eigenvalue weighted by Crippen LogP contribution is 2.51. The third-order valence-corrected chi connectivity index (χ3v) is 4.34. The molecular weight excluding hydrogens is 306 g/mol. The van der Waals surface area contributed by atoms with E-state index in [1.54, 1.807) is 14.2 Å². The summed E-state index contributed by atoms with van der Waals surface area (Å²) in [6.45, 7) is 4.41. The lowest BCUT2D eigenvalue weighted by Crippen LogP contribution is -2.17. The largest absolute Gasteiger partial charge is 0.493 e. The van der Waals surface area contributed by atoms with Gasteiger partial charge in [0.25, 0.3) is 0 Å². The molecule has 0 bridgehead atoms. The summed E-state index contributed by atoms with van der Waals surface area (Å²) in [5.74, 6) is 2.98. The van der Waals surface area contributed by atoms with Gasteiger partial charge in [0.2, 0.25) is 0 Å². The van der Waals surface area contributed by atoms with Crippen LogP contribution in [0, 0.1) is 5.92 Å². The molecule has 1 aliphatic rings. The predicted octanol–water partition coefficient (Wildman–Crippen LogP) is 3.57. The third-order valence-electron chi connectivity index (χ3n) is 3.66. The van der Waals surface area contributed by atoms with Gasteiger partial charge in [0.1, 0.15) is 0 Å². The number of ether oxygens (including phenoxy) is 2. The first-order valence-electron chi connectivity index (χ1n) is 6.83. The molecule has 106 valence electrons. The summed E-state index contributed by atoms with van der Waals surface area (Å²) >= 11 is 3.65. The Morgan fingerprint density at radius 3 is 2.58 bits per heavy atom. The quantitative estimate of drug-likeness (QED) is 0.776. The van der Waals surface area contributed by atoms with E-state index in [1.165, 1.54) is 18.4 Å². The van der Waals surface area contributed by atoms with Crippen LogP contribution in [0.25, 0.3) is 0 Å². The molecule has 4 heteroatoms. The zero-order valence-electron chi connectivity index (χ0n) is 11.8. The maximum absolute atomic E-state index is 5.38. The van der Waals surface area contributed by atoms with E-state index in [-0.39, 0.29) is 0 Å². The second kappa shape index (κ2) is 6.62. The minimum Gasteiger partial charge on any atom is -0.493 e. The molecule has 0 spiro atoms. The van der Waals surface area contributed by atoms with Crippen molar-refractivity contribution in [2.75, 3.05) is 27.3 Å². The fraction of sp³-hybridized carbons (Fsp3) is 0.600. The van der Waals surface area contributed by atoms with Crippen molar-refractivity contribution in [2.45, 2.75) is 25.7 Å². The minimum atomic E-state index is 0.638. The van der Waals surface area contributed by atoms with E-state index >= 15 is 0 Å². The Morgan fingerprint density at radius 1 is 1.26 bits per heavy atom. The van der Waals surface area contributed by atoms with Crippen molar-refractivity contribution in [1.29, 1.82) is 0 Å². The molecule has 1 aliphatic carbocycles. The Morgan fingerprint density at radius 2 is 1.95 bits per heavy atom. The molecule has 2 rings (SSSR count). The molecule has 1 saturated carbocycles. The summed E-state index contributed by atoms with van der Waals surface area (Å²) in [5.41, 5.74) is 1.33. The molecule has 3 nitrogen and oxygen atoms in total. The number of nitrogens with one attached hydrogen (secondary N) is 1. The average Bonchev–Trinajstić information content (AvgIpc) is 3.18. The van der Waals surface area contributed by atoms with E-state index in [9.17, 15) is 0 Å². The molecule has 0 aromatic heterocycles. The van der Waals surface area contributed by atoms with Gasteiger partial charge in [-0.2, -0.15) is 0 Å². The molecule has 19 heavy (non-hydrogen) atoms.